The van der Waals surface area contributed by atoms with Crippen LogP contribution in [0.1, 0.15) is 20.3 Å². The molecular weight excluding hydrogens is 222 g/mol. The van der Waals surface area contributed by atoms with Gasteiger partial charge in [-0.1, -0.05) is 18.7 Å². The van der Waals surface area contributed by atoms with Crippen LogP contribution in [-0.2, 0) is 6.54 Å². The number of hydrogen-bond acceptors (Lipinski definition) is 5. The SMILES string of the molecule is CCCSc1nc(N)c2cnn(CC)c2n1. The lowest BCUT2D eigenvalue weighted by molar-refractivity contribution is 0.673. The summed E-state index contributed by atoms with van der Waals surface area (Å²) in [5.74, 6) is 1.52. The molecule has 5 nitrogen and oxygen atoms in total. The molecule has 86 valence electrons. The van der Waals surface area contributed by atoms with Gasteiger partial charge in [-0.15, -0.1) is 0 Å². The van der Waals surface area contributed by atoms with Crippen LogP contribution in [0.2, 0.25) is 0 Å². The Hall–Kier alpha value is -1.30. The zero-order valence-corrected chi connectivity index (χ0v) is 10.3. The monoisotopic (exact) mass is 237 g/mol. The summed E-state index contributed by atoms with van der Waals surface area (Å²) in [6, 6.07) is 0. The van der Waals surface area contributed by atoms with E-state index in [0.29, 0.717) is 5.82 Å². The minimum Gasteiger partial charge on any atom is -0.383 e. The molecule has 2 N–H and O–H groups in total. The highest BCUT2D eigenvalue weighted by Gasteiger charge is 2.09. The zero-order chi connectivity index (χ0) is 11.5. The second-order valence-electron chi connectivity index (χ2n) is 3.44. The number of thioether (sulfide) groups is 1. The van der Waals surface area contributed by atoms with Crippen LogP contribution in [0, 0.1) is 0 Å². The molecular formula is C10H15N5S. The Balaban J connectivity index is 2.46. The molecule has 0 aliphatic rings. The van der Waals surface area contributed by atoms with Gasteiger partial charge in [-0.25, -0.2) is 14.6 Å². The van der Waals surface area contributed by atoms with E-state index in [9.17, 15) is 0 Å². The molecule has 0 aliphatic carbocycles. The maximum absolute atomic E-state index is 5.88. The van der Waals surface area contributed by atoms with Crippen LogP contribution in [0.4, 0.5) is 5.82 Å². The third-order valence-corrected chi connectivity index (χ3v) is 3.29. The van der Waals surface area contributed by atoms with Crippen LogP contribution >= 0.6 is 11.8 Å². The molecule has 0 fully saturated rings. The minimum absolute atomic E-state index is 0.517. The molecule has 0 unspecified atom stereocenters. The minimum atomic E-state index is 0.517. The normalized spacial score (nSPS) is 11.1. The number of aromatic nitrogens is 4. The average Bonchev–Trinajstić information content (AvgIpc) is 2.69. The maximum atomic E-state index is 5.88. The smallest absolute Gasteiger partial charge is 0.191 e. The summed E-state index contributed by atoms with van der Waals surface area (Å²) >= 11 is 1.63. The number of aryl methyl sites for hydroxylation is 1. The highest BCUT2D eigenvalue weighted by molar-refractivity contribution is 7.99. The van der Waals surface area contributed by atoms with E-state index in [0.717, 1.165) is 34.9 Å². The summed E-state index contributed by atoms with van der Waals surface area (Å²) in [4.78, 5) is 8.74. The summed E-state index contributed by atoms with van der Waals surface area (Å²) in [7, 11) is 0. The topological polar surface area (TPSA) is 69.6 Å². The number of nitrogen functional groups attached to an aromatic ring is 1. The van der Waals surface area contributed by atoms with E-state index < -0.39 is 0 Å². The number of nitrogens with zero attached hydrogens (tertiary/aromatic N) is 4. The van der Waals surface area contributed by atoms with Crippen LogP contribution in [0.3, 0.4) is 0 Å². The molecule has 2 rings (SSSR count). The van der Waals surface area contributed by atoms with Crippen molar-refractivity contribution in [1.82, 2.24) is 19.7 Å². The van der Waals surface area contributed by atoms with Gasteiger partial charge in [-0.05, 0) is 13.3 Å². The van der Waals surface area contributed by atoms with Gasteiger partial charge >= 0.3 is 0 Å². The second kappa shape index (κ2) is 4.69. The van der Waals surface area contributed by atoms with Crippen molar-refractivity contribution in [3.8, 4) is 0 Å². The molecule has 0 atom stereocenters. The van der Waals surface area contributed by atoms with Gasteiger partial charge in [0.05, 0.1) is 11.6 Å². The molecule has 2 aromatic rings. The summed E-state index contributed by atoms with van der Waals surface area (Å²) < 4.78 is 1.84. The third-order valence-electron chi connectivity index (χ3n) is 2.24. The van der Waals surface area contributed by atoms with E-state index in [1.54, 1.807) is 18.0 Å². The quantitative estimate of drug-likeness (QED) is 0.650. The van der Waals surface area contributed by atoms with Gasteiger partial charge in [0.1, 0.15) is 5.82 Å². The van der Waals surface area contributed by atoms with Gasteiger partial charge in [0.25, 0.3) is 0 Å². The first kappa shape index (κ1) is 11.2. The standard InChI is InChI=1S/C10H15N5S/c1-3-5-16-10-13-8(11)7-6-12-15(4-2)9(7)14-10/h6H,3-5H2,1-2H3,(H2,11,13,14). The molecule has 0 bridgehead atoms. The summed E-state index contributed by atoms with van der Waals surface area (Å²) in [5.41, 5.74) is 6.71. The molecule has 0 aromatic carbocycles. The highest BCUT2D eigenvalue weighted by Crippen LogP contribution is 2.22. The van der Waals surface area contributed by atoms with Gasteiger partial charge in [0.2, 0.25) is 0 Å². The fourth-order valence-corrected chi connectivity index (χ4v) is 2.15. The van der Waals surface area contributed by atoms with Gasteiger partial charge in [0.15, 0.2) is 10.8 Å². The van der Waals surface area contributed by atoms with Crippen molar-refractivity contribution in [2.45, 2.75) is 32.0 Å². The van der Waals surface area contributed by atoms with E-state index in [1.807, 2.05) is 11.6 Å². The molecule has 0 spiro atoms. The van der Waals surface area contributed by atoms with Crippen LogP contribution in [0.25, 0.3) is 11.0 Å². The van der Waals surface area contributed by atoms with Crippen molar-refractivity contribution < 1.29 is 0 Å². The molecule has 0 saturated heterocycles. The first-order chi connectivity index (χ1) is 7.76. The lowest BCUT2D eigenvalue weighted by Gasteiger charge is -2.02. The Morgan fingerprint density at radius 3 is 2.88 bits per heavy atom. The first-order valence-corrected chi connectivity index (χ1v) is 6.36. The average molecular weight is 237 g/mol. The molecule has 2 aromatic heterocycles. The van der Waals surface area contributed by atoms with Crippen molar-refractivity contribution in [3.63, 3.8) is 0 Å². The summed E-state index contributed by atoms with van der Waals surface area (Å²) in [6.07, 6.45) is 2.82. The van der Waals surface area contributed by atoms with Crippen molar-refractivity contribution in [2.24, 2.45) is 0 Å². The van der Waals surface area contributed by atoms with Crippen molar-refractivity contribution in [1.29, 1.82) is 0 Å². The number of rotatable bonds is 4. The lowest BCUT2D eigenvalue weighted by atomic mass is 10.4. The van der Waals surface area contributed by atoms with E-state index in [1.165, 1.54) is 0 Å². The second-order valence-corrected chi connectivity index (χ2v) is 4.50. The summed E-state index contributed by atoms with van der Waals surface area (Å²) in [5, 5.41) is 5.79. The van der Waals surface area contributed by atoms with Crippen LogP contribution in [-0.4, -0.2) is 25.5 Å². The Morgan fingerprint density at radius 2 is 2.19 bits per heavy atom. The summed E-state index contributed by atoms with van der Waals surface area (Å²) in [6.45, 7) is 4.95. The van der Waals surface area contributed by atoms with E-state index in [-0.39, 0.29) is 0 Å². The molecule has 0 saturated carbocycles. The molecule has 0 radical (unpaired) electrons. The van der Waals surface area contributed by atoms with Crippen molar-refractivity contribution in [3.05, 3.63) is 6.20 Å². The number of anilines is 1. The third kappa shape index (κ3) is 1.97. The van der Waals surface area contributed by atoms with Crippen LogP contribution in [0.5, 0.6) is 0 Å². The molecule has 0 aliphatic heterocycles. The fourth-order valence-electron chi connectivity index (χ4n) is 1.45. The van der Waals surface area contributed by atoms with Crippen molar-refractivity contribution in [2.75, 3.05) is 11.5 Å². The number of fused-ring (bicyclic) bond motifs is 1. The molecule has 2 heterocycles. The van der Waals surface area contributed by atoms with Crippen LogP contribution < -0.4 is 5.73 Å². The Kier molecular flexibility index (Phi) is 3.28. The molecule has 6 heteroatoms. The fraction of sp³-hybridized carbons (Fsp3) is 0.500. The van der Waals surface area contributed by atoms with E-state index in [4.69, 9.17) is 5.73 Å². The number of hydrogen-bond donors (Lipinski definition) is 1. The van der Waals surface area contributed by atoms with Crippen molar-refractivity contribution >= 4 is 28.6 Å². The zero-order valence-electron chi connectivity index (χ0n) is 9.47. The van der Waals surface area contributed by atoms with Gasteiger partial charge < -0.3 is 5.73 Å². The van der Waals surface area contributed by atoms with E-state index >= 15 is 0 Å². The Morgan fingerprint density at radius 1 is 1.38 bits per heavy atom. The number of nitrogens with two attached hydrogens (primary N) is 1. The lowest BCUT2D eigenvalue weighted by Crippen LogP contribution is -2.01. The van der Waals surface area contributed by atoms with Crippen LogP contribution in [0.15, 0.2) is 11.4 Å². The Labute approximate surface area is 98.4 Å². The first-order valence-electron chi connectivity index (χ1n) is 5.38. The van der Waals surface area contributed by atoms with Gasteiger partial charge in [-0.2, -0.15) is 5.10 Å². The predicted molar refractivity (Wildman–Crippen MR) is 66.4 cm³/mol. The largest absolute Gasteiger partial charge is 0.383 e. The molecule has 0 amide bonds. The Bertz CT molecular complexity index is 493. The predicted octanol–water partition coefficient (Wildman–Crippen LogP) is 1.93. The van der Waals surface area contributed by atoms with Gasteiger partial charge in [-0.3, -0.25) is 0 Å². The molecule has 16 heavy (non-hydrogen) atoms. The van der Waals surface area contributed by atoms with Gasteiger partial charge in [0, 0.05) is 12.3 Å². The highest BCUT2D eigenvalue weighted by atomic mass is 32.2. The maximum Gasteiger partial charge on any atom is 0.191 e. The van der Waals surface area contributed by atoms with E-state index in [2.05, 4.69) is 22.0 Å².